The summed E-state index contributed by atoms with van der Waals surface area (Å²) in [5, 5.41) is 3.11. The van der Waals surface area contributed by atoms with Gasteiger partial charge < -0.3 is 14.6 Å². The molecule has 0 aliphatic rings. The van der Waals surface area contributed by atoms with Crippen molar-refractivity contribution in [1.29, 1.82) is 0 Å². The van der Waals surface area contributed by atoms with Crippen molar-refractivity contribution in [1.82, 2.24) is 24.0 Å². The van der Waals surface area contributed by atoms with Crippen molar-refractivity contribution < 1.29 is 4.74 Å². The zero-order valence-electron chi connectivity index (χ0n) is 17.9. The highest BCUT2D eigenvalue weighted by molar-refractivity contribution is 5.85. The molecule has 2 aromatic heterocycles. The Hall–Kier alpha value is -2.58. The van der Waals surface area contributed by atoms with Gasteiger partial charge in [0.15, 0.2) is 11.2 Å². The summed E-state index contributed by atoms with van der Waals surface area (Å²) in [7, 11) is 4.70. The van der Waals surface area contributed by atoms with Crippen LogP contribution in [0.5, 0.6) is 5.75 Å². The molecule has 3 rings (SSSR count). The molecule has 29 heavy (non-hydrogen) atoms. The fourth-order valence-electron chi connectivity index (χ4n) is 2.96. The summed E-state index contributed by atoms with van der Waals surface area (Å²) in [5.41, 5.74) is 0.966. The molecule has 2 heterocycles. The number of ether oxygens (including phenoxy) is 1. The number of hydrogen-bond acceptors (Lipinski definition) is 5. The molecule has 0 unspecified atom stereocenters. The SMILES string of the molecule is CCNCC.CCn1c(-c2ccc(OC)cc2)nc2c1c(=O)n(C)c(=O)n2C.Cl. The van der Waals surface area contributed by atoms with Crippen LogP contribution in [0.3, 0.4) is 0 Å². The summed E-state index contributed by atoms with van der Waals surface area (Å²) in [4.78, 5) is 29.1. The van der Waals surface area contributed by atoms with Crippen molar-refractivity contribution in [2.75, 3.05) is 20.2 Å². The van der Waals surface area contributed by atoms with Crippen LogP contribution in [0.1, 0.15) is 20.8 Å². The van der Waals surface area contributed by atoms with Gasteiger partial charge in [-0.2, -0.15) is 0 Å². The first kappa shape index (κ1) is 24.5. The second-order valence-electron chi connectivity index (χ2n) is 6.24. The molecule has 0 radical (unpaired) electrons. The predicted molar refractivity (Wildman–Crippen MR) is 119 cm³/mol. The van der Waals surface area contributed by atoms with E-state index in [9.17, 15) is 9.59 Å². The lowest BCUT2D eigenvalue weighted by atomic mass is 10.2. The van der Waals surface area contributed by atoms with Crippen molar-refractivity contribution >= 4 is 23.6 Å². The fourth-order valence-corrected chi connectivity index (χ4v) is 2.96. The van der Waals surface area contributed by atoms with E-state index >= 15 is 0 Å². The Morgan fingerprint density at radius 3 is 2.03 bits per heavy atom. The van der Waals surface area contributed by atoms with Crippen molar-refractivity contribution in [2.24, 2.45) is 14.1 Å². The molecule has 0 fully saturated rings. The molecule has 1 N–H and O–H groups in total. The number of rotatable bonds is 5. The Labute approximate surface area is 176 Å². The van der Waals surface area contributed by atoms with Gasteiger partial charge in [-0.3, -0.25) is 13.9 Å². The number of methoxy groups -OCH3 is 1. The average molecular weight is 424 g/mol. The third-order valence-electron chi connectivity index (χ3n) is 4.51. The van der Waals surface area contributed by atoms with Gasteiger partial charge in [-0.05, 0) is 44.3 Å². The highest BCUT2D eigenvalue weighted by Gasteiger charge is 2.19. The standard InChI is InChI=1S/C16H18N4O3.C4H11N.ClH/c1-5-20-12-14(18(2)16(22)19(3)15(12)21)17-13(20)10-6-8-11(23-4)9-7-10;1-3-5-4-2;/h6-9H,5H2,1-4H3;5H,3-4H2,1-2H3;1H. The maximum Gasteiger partial charge on any atom is 0.332 e. The van der Waals surface area contributed by atoms with Gasteiger partial charge in [0.2, 0.25) is 0 Å². The molecule has 0 aliphatic heterocycles. The molecule has 8 nitrogen and oxygen atoms in total. The first-order valence-corrected chi connectivity index (χ1v) is 9.42. The van der Waals surface area contributed by atoms with E-state index in [1.807, 2.05) is 35.8 Å². The third kappa shape index (κ3) is 4.89. The van der Waals surface area contributed by atoms with Crippen molar-refractivity contribution in [3.05, 3.63) is 45.1 Å². The normalized spacial score (nSPS) is 10.3. The maximum atomic E-state index is 12.5. The zero-order chi connectivity index (χ0) is 20.8. The van der Waals surface area contributed by atoms with Crippen LogP contribution < -0.4 is 21.3 Å². The number of nitrogens with one attached hydrogen (secondary N) is 1. The minimum absolute atomic E-state index is 0. The largest absolute Gasteiger partial charge is 0.497 e. The van der Waals surface area contributed by atoms with Crippen LogP contribution in [0, 0.1) is 0 Å². The first-order chi connectivity index (χ1) is 13.4. The maximum absolute atomic E-state index is 12.5. The van der Waals surface area contributed by atoms with E-state index in [4.69, 9.17) is 4.74 Å². The molecule has 0 saturated heterocycles. The van der Waals surface area contributed by atoms with E-state index in [1.54, 1.807) is 14.2 Å². The van der Waals surface area contributed by atoms with Crippen LogP contribution in [-0.4, -0.2) is 38.9 Å². The topological polar surface area (TPSA) is 83.1 Å². The molecule has 0 spiro atoms. The van der Waals surface area contributed by atoms with Crippen LogP contribution in [0.2, 0.25) is 0 Å². The number of aryl methyl sites for hydroxylation is 2. The molecule has 0 amide bonds. The van der Waals surface area contributed by atoms with Crippen LogP contribution in [-0.2, 0) is 20.6 Å². The molecule has 9 heteroatoms. The number of halogens is 1. The van der Waals surface area contributed by atoms with Gasteiger partial charge in [-0.25, -0.2) is 9.78 Å². The third-order valence-corrected chi connectivity index (χ3v) is 4.51. The fraction of sp³-hybridized carbons (Fsp3) is 0.450. The number of aromatic nitrogens is 4. The van der Waals surface area contributed by atoms with E-state index < -0.39 is 0 Å². The first-order valence-electron chi connectivity index (χ1n) is 9.42. The van der Waals surface area contributed by atoms with Crippen molar-refractivity contribution in [3.8, 4) is 17.1 Å². The number of benzene rings is 1. The van der Waals surface area contributed by atoms with Gasteiger partial charge in [0.1, 0.15) is 11.6 Å². The smallest absolute Gasteiger partial charge is 0.332 e. The number of fused-ring (bicyclic) bond motifs is 1. The van der Waals surface area contributed by atoms with E-state index in [0.717, 1.165) is 29.0 Å². The van der Waals surface area contributed by atoms with Gasteiger partial charge in [0.05, 0.1) is 7.11 Å². The molecule has 0 saturated carbocycles. The van der Waals surface area contributed by atoms with Gasteiger partial charge in [-0.1, -0.05) is 13.8 Å². The van der Waals surface area contributed by atoms with Gasteiger partial charge in [0, 0.05) is 26.2 Å². The van der Waals surface area contributed by atoms with Gasteiger partial charge in [-0.15, -0.1) is 12.4 Å². The minimum Gasteiger partial charge on any atom is -0.497 e. The molecule has 0 bridgehead atoms. The van der Waals surface area contributed by atoms with Crippen LogP contribution in [0.4, 0.5) is 0 Å². The van der Waals surface area contributed by atoms with Crippen molar-refractivity contribution in [3.63, 3.8) is 0 Å². The molecular formula is C20H30ClN5O3. The summed E-state index contributed by atoms with van der Waals surface area (Å²) >= 11 is 0. The Kier molecular flexibility index (Phi) is 9.13. The average Bonchev–Trinajstić information content (AvgIpc) is 3.11. The molecule has 0 aliphatic carbocycles. The summed E-state index contributed by atoms with van der Waals surface area (Å²) in [6.45, 7) is 8.91. The zero-order valence-corrected chi connectivity index (χ0v) is 18.7. The van der Waals surface area contributed by atoms with Crippen LogP contribution in [0.15, 0.2) is 33.9 Å². The summed E-state index contributed by atoms with van der Waals surface area (Å²) in [6, 6.07) is 7.45. The lowest BCUT2D eigenvalue weighted by Crippen LogP contribution is -2.37. The lowest BCUT2D eigenvalue weighted by Gasteiger charge is -2.07. The minimum atomic E-state index is -0.385. The monoisotopic (exact) mass is 423 g/mol. The quantitative estimate of drug-likeness (QED) is 0.680. The summed E-state index contributed by atoms with van der Waals surface area (Å²) in [5.74, 6) is 1.40. The number of nitrogens with zero attached hydrogens (tertiary/aromatic N) is 4. The van der Waals surface area contributed by atoms with Gasteiger partial charge in [0.25, 0.3) is 5.56 Å². The second kappa shape index (κ2) is 10.8. The second-order valence-corrected chi connectivity index (χ2v) is 6.24. The van der Waals surface area contributed by atoms with Crippen LogP contribution in [0.25, 0.3) is 22.6 Å². The van der Waals surface area contributed by atoms with E-state index in [1.165, 1.54) is 11.6 Å². The Balaban J connectivity index is 0.000000628. The molecule has 0 atom stereocenters. The van der Waals surface area contributed by atoms with Crippen LogP contribution >= 0.6 is 12.4 Å². The number of hydrogen-bond donors (Lipinski definition) is 1. The summed E-state index contributed by atoms with van der Waals surface area (Å²) in [6.07, 6.45) is 0. The van der Waals surface area contributed by atoms with E-state index in [2.05, 4.69) is 24.1 Å². The van der Waals surface area contributed by atoms with E-state index in [-0.39, 0.29) is 23.7 Å². The molecule has 1 aromatic carbocycles. The van der Waals surface area contributed by atoms with Crippen molar-refractivity contribution in [2.45, 2.75) is 27.3 Å². The Morgan fingerprint density at radius 1 is 1.00 bits per heavy atom. The summed E-state index contributed by atoms with van der Waals surface area (Å²) < 4.78 is 9.50. The lowest BCUT2D eigenvalue weighted by molar-refractivity contribution is 0.415. The Bertz CT molecular complexity index is 1050. The highest BCUT2D eigenvalue weighted by atomic mass is 35.5. The molecular weight excluding hydrogens is 394 g/mol. The number of imidazole rings is 1. The Morgan fingerprint density at radius 2 is 1.59 bits per heavy atom. The predicted octanol–water partition coefficient (Wildman–Crippen LogP) is 2.17. The highest BCUT2D eigenvalue weighted by Crippen LogP contribution is 2.24. The molecule has 160 valence electrons. The van der Waals surface area contributed by atoms with E-state index in [0.29, 0.717) is 23.5 Å². The molecule has 3 aromatic rings. The van der Waals surface area contributed by atoms with Gasteiger partial charge >= 0.3 is 5.69 Å².